The van der Waals surface area contributed by atoms with Crippen LogP contribution in [0.1, 0.15) is 5.69 Å². The highest BCUT2D eigenvalue weighted by atomic mass is 15.4. The van der Waals surface area contributed by atoms with Gasteiger partial charge >= 0.3 is 0 Å². The van der Waals surface area contributed by atoms with Crippen molar-refractivity contribution in [2.24, 2.45) is 0 Å². The molecule has 0 spiro atoms. The molecule has 5 heteroatoms. The molecular formula is C8H17N5. The summed E-state index contributed by atoms with van der Waals surface area (Å²) in [7, 11) is 3.87. The Balaban J connectivity index is 2.34. The van der Waals surface area contributed by atoms with Gasteiger partial charge in [-0.15, -0.1) is 5.10 Å². The van der Waals surface area contributed by atoms with E-state index in [1.165, 1.54) is 0 Å². The van der Waals surface area contributed by atoms with Crippen LogP contribution in [-0.2, 0) is 13.0 Å². The third kappa shape index (κ3) is 3.52. The van der Waals surface area contributed by atoms with Gasteiger partial charge in [0, 0.05) is 25.7 Å². The molecule has 0 saturated heterocycles. The van der Waals surface area contributed by atoms with Gasteiger partial charge < -0.3 is 10.6 Å². The van der Waals surface area contributed by atoms with E-state index in [9.17, 15) is 0 Å². The summed E-state index contributed by atoms with van der Waals surface area (Å²) in [4.78, 5) is 0. The molecule has 0 aliphatic rings. The molecule has 0 bridgehead atoms. The summed E-state index contributed by atoms with van der Waals surface area (Å²) < 4.78 is 1.86. The van der Waals surface area contributed by atoms with Gasteiger partial charge in [0.15, 0.2) is 0 Å². The van der Waals surface area contributed by atoms with Crippen LogP contribution in [0.15, 0.2) is 6.20 Å². The first-order valence-corrected chi connectivity index (χ1v) is 4.55. The maximum atomic E-state index is 4.05. The Hall–Kier alpha value is -0.940. The fourth-order valence-corrected chi connectivity index (χ4v) is 1.04. The quantitative estimate of drug-likeness (QED) is 0.610. The predicted octanol–water partition coefficient (Wildman–Crippen LogP) is -0.741. The molecule has 1 rings (SSSR count). The zero-order chi connectivity index (χ0) is 9.52. The molecule has 1 heterocycles. The second-order valence-corrected chi connectivity index (χ2v) is 2.93. The number of likely N-dealkylation sites (N-methyl/N-ethyl adjacent to an activating group) is 2. The lowest BCUT2D eigenvalue weighted by atomic mass is 10.3. The van der Waals surface area contributed by atoms with Gasteiger partial charge in [-0.3, -0.25) is 4.68 Å². The van der Waals surface area contributed by atoms with Crippen LogP contribution in [-0.4, -0.2) is 42.2 Å². The topological polar surface area (TPSA) is 54.8 Å². The first kappa shape index (κ1) is 10.1. The highest BCUT2D eigenvalue weighted by Crippen LogP contribution is 1.92. The van der Waals surface area contributed by atoms with Crippen LogP contribution in [0, 0.1) is 0 Å². The number of hydrogen-bond donors (Lipinski definition) is 2. The van der Waals surface area contributed by atoms with Gasteiger partial charge in [-0.05, 0) is 14.1 Å². The van der Waals surface area contributed by atoms with E-state index < -0.39 is 0 Å². The Morgan fingerprint density at radius 2 is 2.08 bits per heavy atom. The Labute approximate surface area is 78.5 Å². The summed E-state index contributed by atoms with van der Waals surface area (Å²) in [6, 6.07) is 0. The molecule has 0 fully saturated rings. The van der Waals surface area contributed by atoms with E-state index in [1.54, 1.807) is 0 Å². The van der Waals surface area contributed by atoms with Gasteiger partial charge in [0.1, 0.15) is 0 Å². The molecule has 0 unspecified atom stereocenters. The Morgan fingerprint density at radius 1 is 1.31 bits per heavy atom. The first-order chi connectivity index (χ1) is 6.36. The van der Waals surface area contributed by atoms with Crippen molar-refractivity contribution in [1.82, 2.24) is 25.6 Å². The summed E-state index contributed by atoms with van der Waals surface area (Å²) in [6.07, 6.45) is 2.94. The summed E-state index contributed by atoms with van der Waals surface area (Å²) in [5, 5.41) is 14.2. The molecule has 13 heavy (non-hydrogen) atoms. The van der Waals surface area contributed by atoms with Crippen molar-refractivity contribution in [3.63, 3.8) is 0 Å². The molecule has 74 valence electrons. The van der Waals surface area contributed by atoms with E-state index in [4.69, 9.17) is 0 Å². The van der Waals surface area contributed by atoms with E-state index in [1.807, 2.05) is 25.0 Å². The fourth-order valence-electron chi connectivity index (χ4n) is 1.04. The van der Waals surface area contributed by atoms with Crippen molar-refractivity contribution in [2.75, 3.05) is 27.2 Å². The van der Waals surface area contributed by atoms with Crippen LogP contribution in [0.5, 0.6) is 0 Å². The van der Waals surface area contributed by atoms with Gasteiger partial charge in [0.2, 0.25) is 0 Å². The van der Waals surface area contributed by atoms with E-state index >= 15 is 0 Å². The van der Waals surface area contributed by atoms with Gasteiger partial charge in [-0.1, -0.05) is 5.21 Å². The molecule has 2 N–H and O–H groups in total. The average Bonchev–Trinajstić information content (AvgIpc) is 2.59. The van der Waals surface area contributed by atoms with Crippen molar-refractivity contribution < 1.29 is 0 Å². The van der Waals surface area contributed by atoms with E-state index in [-0.39, 0.29) is 0 Å². The zero-order valence-corrected chi connectivity index (χ0v) is 8.25. The van der Waals surface area contributed by atoms with Crippen molar-refractivity contribution in [1.29, 1.82) is 0 Å². The minimum absolute atomic E-state index is 0.878. The Kier molecular flexibility index (Phi) is 4.42. The molecule has 0 aliphatic carbocycles. The summed E-state index contributed by atoms with van der Waals surface area (Å²) >= 11 is 0. The predicted molar refractivity (Wildman–Crippen MR) is 51.6 cm³/mol. The van der Waals surface area contributed by atoms with Crippen LogP contribution in [0.25, 0.3) is 0 Å². The average molecular weight is 183 g/mol. The van der Waals surface area contributed by atoms with Gasteiger partial charge in [0.05, 0.1) is 12.2 Å². The van der Waals surface area contributed by atoms with Crippen LogP contribution in [0.2, 0.25) is 0 Å². The van der Waals surface area contributed by atoms with Crippen molar-refractivity contribution in [3.8, 4) is 0 Å². The fraction of sp³-hybridized carbons (Fsp3) is 0.750. The van der Waals surface area contributed by atoms with Crippen LogP contribution in [0.4, 0.5) is 0 Å². The zero-order valence-electron chi connectivity index (χ0n) is 8.25. The number of rotatable bonds is 6. The standard InChI is InChI=1S/C8H17N5/c1-9-4-3-8-7-13(12-11-8)6-5-10-2/h7,9-10H,3-6H2,1-2H3. The lowest BCUT2D eigenvalue weighted by molar-refractivity contribution is 0.565. The van der Waals surface area contributed by atoms with Crippen LogP contribution < -0.4 is 10.6 Å². The smallest absolute Gasteiger partial charge is 0.0839 e. The molecule has 0 atom stereocenters. The molecule has 1 aromatic rings. The van der Waals surface area contributed by atoms with E-state index in [2.05, 4.69) is 20.9 Å². The molecule has 0 aliphatic heterocycles. The second kappa shape index (κ2) is 5.66. The molecule has 0 amide bonds. The molecule has 0 aromatic carbocycles. The summed E-state index contributed by atoms with van der Waals surface area (Å²) in [6.45, 7) is 2.75. The van der Waals surface area contributed by atoms with Crippen LogP contribution >= 0.6 is 0 Å². The number of aromatic nitrogens is 3. The normalized spacial score (nSPS) is 10.6. The van der Waals surface area contributed by atoms with E-state index in [0.29, 0.717) is 0 Å². The second-order valence-electron chi connectivity index (χ2n) is 2.93. The van der Waals surface area contributed by atoms with Crippen LogP contribution in [0.3, 0.4) is 0 Å². The van der Waals surface area contributed by atoms with Gasteiger partial charge in [0.25, 0.3) is 0 Å². The maximum absolute atomic E-state index is 4.05. The Morgan fingerprint density at radius 3 is 2.77 bits per heavy atom. The highest BCUT2D eigenvalue weighted by Gasteiger charge is 1.98. The van der Waals surface area contributed by atoms with E-state index in [0.717, 1.165) is 31.7 Å². The third-order valence-electron chi connectivity index (χ3n) is 1.81. The van der Waals surface area contributed by atoms with Crippen molar-refractivity contribution in [2.45, 2.75) is 13.0 Å². The first-order valence-electron chi connectivity index (χ1n) is 4.55. The number of nitrogens with zero attached hydrogens (tertiary/aromatic N) is 3. The molecule has 1 aromatic heterocycles. The number of hydrogen-bond acceptors (Lipinski definition) is 4. The highest BCUT2D eigenvalue weighted by molar-refractivity contribution is 4.92. The largest absolute Gasteiger partial charge is 0.319 e. The third-order valence-corrected chi connectivity index (χ3v) is 1.81. The number of nitrogens with one attached hydrogen (secondary N) is 2. The summed E-state index contributed by atoms with van der Waals surface area (Å²) in [5.41, 5.74) is 1.05. The van der Waals surface area contributed by atoms with Gasteiger partial charge in [-0.25, -0.2) is 0 Å². The molecule has 0 saturated carbocycles. The SMILES string of the molecule is CNCCc1cn(CCNC)nn1. The lowest BCUT2D eigenvalue weighted by Gasteiger charge is -1.97. The Bertz CT molecular complexity index is 210. The minimum Gasteiger partial charge on any atom is -0.319 e. The lowest BCUT2D eigenvalue weighted by Crippen LogP contribution is -2.15. The molecule has 5 nitrogen and oxygen atoms in total. The van der Waals surface area contributed by atoms with Gasteiger partial charge in [-0.2, -0.15) is 0 Å². The maximum Gasteiger partial charge on any atom is 0.0839 e. The van der Waals surface area contributed by atoms with Crippen molar-refractivity contribution >= 4 is 0 Å². The molecular weight excluding hydrogens is 166 g/mol. The van der Waals surface area contributed by atoms with Crippen molar-refractivity contribution in [3.05, 3.63) is 11.9 Å². The monoisotopic (exact) mass is 183 g/mol. The molecule has 0 radical (unpaired) electrons. The minimum atomic E-state index is 0.878. The summed E-state index contributed by atoms with van der Waals surface area (Å²) in [5.74, 6) is 0.